The summed E-state index contributed by atoms with van der Waals surface area (Å²) in [6, 6.07) is 14.5. The van der Waals surface area contributed by atoms with Gasteiger partial charge in [-0.3, -0.25) is 9.59 Å². The number of nitrogens with zero attached hydrogens (tertiary/aromatic N) is 2. The van der Waals surface area contributed by atoms with E-state index in [2.05, 4.69) is 10.3 Å². The first kappa shape index (κ1) is 23.9. The van der Waals surface area contributed by atoms with E-state index in [1.807, 2.05) is 30.3 Å². The van der Waals surface area contributed by atoms with Gasteiger partial charge in [0.05, 0.1) is 11.3 Å². The smallest absolute Gasteiger partial charge is 0.352 e. The van der Waals surface area contributed by atoms with Crippen molar-refractivity contribution in [3.05, 3.63) is 76.3 Å². The van der Waals surface area contributed by atoms with E-state index >= 15 is 0 Å². The Morgan fingerprint density at radius 2 is 1.71 bits per heavy atom. The number of nitrogens with one attached hydrogen (secondary N) is 1. The second kappa shape index (κ2) is 9.97. The van der Waals surface area contributed by atoms with E-state index in [-0.39, 0.29) is 17.7 Å². The van der Waals surface area contributed by atoms with Crippen LogP contribution in [0.25, 0.3) is 10.6 Å². The number of hydrogen-bond acceptors (Lipinski definition) is 4. The van der Waals surface area contributed by atoms with E-state index in [0.29, 0.717) is 53.6 Å². The number of amides is 2. The lowest BCUT2D eigenvalue weighted by Crippen LogP contribution is -2.42. The highest BCUT2D eigenvalue weighted by molar-refractivity contribution is 7.17. The minimum Gasteiger partial charge on any atom is -0.352 e. The van der Waals surface area contributed by atoms with Gasteiger partial charge in [-0.15, -0.1) is 11.3 Å². The van der Waals surface area contributed by atoms with Crippen molar-refractivity contribution >= 4 is 23.2 Å². The molecular weight excluding hydrogens is 463 g/mol. The summed E-state index contributed by atoms with van der Waals surface area (Å²) >= 11 is 1.18. The molecule has 1 aliphatic heterocycles. The molecule has 2 amide bonds. The molecule has 0 unspecified atom stereocenters. The van der Waals surface area contributed by atoms with Crippen molar-refractivity contribution in [2.75, 3.05) is 13.1 Å². The van der Waals surface area contributed by atoms with E-state index in [0.717, 1.165) is 17.7 Å². The summed E-state index contributed by atoms with van der Waals surface area (Å²) in [6.45, 7) is 3.14. The van der Waals surface area contributed by atoms with Crippen LogP contribution in [0.3, 0.4) is 0 Å². The maximum absolute atomic E-state index is 13.1. The van der Waals surface area contributed by atoms with Crippen LogP contribution < -0.4 is 5.32 Å². The zero-order chi connectivity index (χ0) is 24.3. The van der Waals surface area contributed by atoms with Crippen LogP contribution in [-0.2, 0) is 17.5 Å². The molecule has 0 atom stereocenters. The summed E-state index contributed by atoms with van der Waals surface area (Å²) in [4.78, 5) is 32.2. The molecule has 3 aromatic rings. The Labute approximate surface area is 199 Å². The first-order chi connectivity index (χ1) is 16.2. The molecule has 178 valence electrons. The van der Waals surface area contributed by atoms with Crippen LogP contribution in [0.4, 0.5) is 13.2 Å². The molecule has 4 rings (SSSR count). The Morgan fingerprint density at radius 1 is 1.06 bits per heavy atom. The number of thiazole rings is 1. The lowest BCUT2D eigenvalue weighted by atomic mass is 9.95. The summed E-state index contributed by atoms with van der Waals surface area (Å²) < 4.78 is 38.4. The van der Waals surface area contributed by atoms with Gasteiger partial charge in [-0.1, -0.05) is 42.5 Å². The topological polar surface area (TPSA) is 62.3 Å². The van der Waals surface area contributed by atoms with Gasteiger partial charge in [0.2, 0.25) is 5.91 Å². The maximum Gasteiger partial charge on any atom is 0.416 e. The molecule has 2 aromatic carbocycles. The number of aryl methyl sites for hydroxylation is 1. The van der Waals surface area contributed by atoms with E-state index in [9.17, 15) is 22.8 Å². The standard InChI is InChI=1S/C25H24F3N3O2S/c1-16-21(34-23(30-16)19-7-9-20(10-8-19)25(26,27)28)24(33)31-13-11-18(12-14-31)22(32)29-15-17-5-3-2-4-6-17/h2-10,18H,11-15H2,1H3,(H,29,32). The Morgan fingerprint density at radius 3 is 2.32 bits per heavy atom. The molecule has 1 saturated heterocycles. The fraction of sp³-hybridized carbons (Fsp3) is 0.320. The number of benzene rings is 2. The zero-order valence-corrected chi connectivity index (χ0v) is 19.4. The third kappa shape index (κ3) is 5.47. The van der Waals surface area contributed by atoms with Gasteiger partial charge in [0.1, 0.15) is 9.88 Å². The third-order valence-corrected chi connectivity index (χ3v) is 7.11. The molecular formula is C25H24F3N3O2S. The van der Waals surface area contributed by atoms with Gasteiger partial charge < -0.3 is 10.2 Å². The molecule has 5 nitrogen and oxygen atoms in total. The van der Waals surface area contributed by atoms with Crippen molar-refractivity contribution in [1.29, 1.82) is 0 Å². The number of piperidine rings is 1. The summed E-state index contributed by atoms with van der Waals surface area (Å²) in [5.41, 5.74) is 1.39. The fourth-order valence-corrected chi connectivity index (χ4v) is 4.98. The van der Waals surface area contributed by atoms with Crippen LogP contribution in [0, 0.1) is 12.8 Å². The summed E-state index contributed by atoms with van der Waals surface area (Å²) in [5.74, 6) is -0.302. The van der Waals surface area contributed by atoms with Crippen molar-refractivity contribution in [2.24, 2.45) is 5.92 Å². The van der Waals surface area contributed by atoms with Crippen molar-refractivity contribution in [3.63, 3.8) is 0 Å². The van der Waals surface area contributed by atoms with Gasteiger partial charge in [0.15, 0.2) is 0 Å². The highest BCUT2D eigenvalue weighted by Gasteiger charge is 2.31. The summed E-state index contributed by atoms with van der Waals surface area (Å²) in [7, 11) is 0. The number of rotatable bonds is 5. The predicted molar refractivity (Wildman–Crippen MR) is 124 cm³/mol. The number of alkyl halides is 3. The normalized spacial score (nSPS) is 14.8. The highest BCUT2D eigenvalue weighted by atomic mass is 32.1. The second-order valence-corrected chi connectivity index (χ2v) is 9.28. The Hall–Kier alpha value is -3.20. The minimum atomic E-state index is -4.40. The van der Waals surface area contributed by atoms with Gasteiger partial charge in [-0.25, -0.2) is 4.98 Å². The number of halogens is 3. The van der Waals surface area contributed by atoms with Crippen molar-refractivity contribution in [1.82, 2.24) is 15.2 Å². The van der Waals surface area contributed by atoms with E-state index in [1.165, 1.54) is 23.5 Å². The number of carbonyl (C=O) groups is 2. The molecule has 0 aliphatic carbocycles. The summed E-state index contributed by atoms with van der Waals surface area (Å²) in [5, 5.41) is 3.47. The average molecular weight is 488 g/mol. The molecule has 0 radical (unpaired) electrons. The molecule has 1 fully saturated rings. The highest BCUT2D eigenvalue weighted by Crippen LogP contribution is 2.33. The lowest BCUT2D eigenvalue weighted by molar-refractivity contribution is -0.137. The molecule has 2 heterocycles. The molecule has 0 bridgehead atoms. The molecule has 0 saturated carbocycles. The molecule has 34 heavy (non-hydrogen) atoms. The largest absolute Gasteiger partial charge is 0.416 e. The zero-order valence-electron chi connectivity index (χ0n) is 18.6. The Bertz CT molecular complexity index is 1150. The first-order valence-corrected chi connectivity index (χ1v) is 11.8. The Balaban J connectivity index is 1.35. The molecule has 1 aromatic heterocycles. The lowest BCUT2D eigenvalue weighted by Gasteiger charge is -2.31. The quantitative estimate of drug-likeness (QED) is 0.531. The minimum absolute atomic E-state index is 0.00508. The van der Waals surface area contributed by atoms with Crippen LogP contribution in [0.1, 0.15) is 39.3 Å². The molecule has 1 N–H and O–H groups in total. The first-order valence-electron chi connectivity index (χ1n) is 11.0. The number of likely N-dealkylation sites (tertiary alicyclic amines) is 1. The SMILES string of the molecule is Cc1nc(-c2ccc(C(F)(F)F)cc2)sc1C(=O)N1CCC(C(=O)NCc2ccccc2)CC1. The van der Waals surface area contributed by atoms with E-state index in [4.69, 9.17) is 0 Å². The van der Waals surface area contributed by atoms with Gasteiger partial charge in [0.25, 0.3) is 5.91 Å². The van der Waals surface area contributed by atoms with Gasteiger partial charge in [0, 0.05) is 31.1 Å². The van der Waals surface area contributed by atoms with Gasteiger partial charge in [-0.05, 0) is 37.5 Å². The molecule has 0 spiro atoms. The summed E-state index contributed by atoms with van der Waals surface area (Å²) in [6.07, 6.45) is -3.24. The van der Waals surface area contributed by atoms with Gasteiger partial charge >= 0.3 is 6.18 Å². The monoisotopic (exact) mass is 487 g/mol. The van der Waals surface area contributed by atoms with Crippen LogP contribution in [0.5, 0.6) is 0 Å². The predicted octanol–water partition coefficient (Wildman–Crippen LogP) is 5.31. The van der Waals surface area contributed by atoms with Crippen molar-refractivity contribution < 1.29 is 22.8 Å². The van der Waals surface area contributed by atoms with E-state index < -0.39 is 11.7 Å². The maximum atomic E-state index is 13.1. The average Bonchev–Trinajstić information content (AvgIpc) is 3.24. The van der Waals surface area contributed by atoms with Crippen LogP contribution >= 0.6 is 11.3 Å². The number of aromatic nitrogens is 1. The van der Waals surface area contributed by atoms with Gasteiger partial charge in [-0.2, -0.15) is 13.2 Å². The molecule has 1 aliphatic rings. The number of carbonyl (C=O) groups excluding carboxylic acids is 2. The second-order valence-electron chi connectivity index (χ2n) is 8.28. The van der Waals surface area contributed by atoms with Crippen molar-refractivity contribution in [2.45, 2.75) is 32.5 Å². The molecule has 9 heteroatoms. The Kier molecular flexibility index (Phi) is 7.02. The van der Waals surface area contributed by atoms with E-state index in [1.54, 1.807) is 11.8 Å². The number of hydrogen-bond donors (Lipinski definition) is 1. The van der Waals surface area contributed by atoms with Crippen LogP contribution in [0.2, 0.25) is 0 Å². The fourth-order valence-electron chi connectivity index (χ4n) is 3.94. The van der Waals surface area contributed by atoms with Crippen molar-refractivity contribution in [3.8, 4) is 10.6 Å². The third-order valence-electron chi connectivity index (χ3n) is 5.91. The van der Waals surface area contributed by atoms with Crippen LogP contribution in [-0.4, -0.2) is 34.8 Å². The van der Waals surface area contributed by atoms with Crippen LogP contribution in [0.15, 0.2) is 54.6 Å².